The Labute approximate surface area is 142 Å². The van der Waals surface area contributed by atoms with Gasteiger partial charge in [-0.2, -0.15) is 0 Å². The van der Waals surface area contributed by atoms with Crippen molar-refractivity contribution in [3.63, 3.8) is 0 Å². The summed E-state index contributed by atoms with van der Waals surface area (Å²) in [5.74, 6) is 0.333. The molecule has 0 atom stereocenters. The summed E-state index contributed by atoms with van der Waals surface area (Å²) < 4.78 is 5.48. The molecule has 0 fully saturated rings. The van der Waals surface area contributed by atoms with Gasteiger partial charge in [0.05, 0.1) is 0 Å². The van der Waals surface area contributed by atoms with E-state index in [1.807, 2.05) is 24.3 Å². The zero-order valence-corrected chi connectivity index (χ0v) is 14.6. The van der Waals surface area contributed by atoms with Crippen LogP contribution in [0.2, 0.25) is 0 Å². The SMILES string of the molecule is CC(=O)c1ccc(OCC(=O)Nc2ccccc2C(C)(C)C)cc1. The molecule has 0 unspecified atom stereocenters. The van der Waals surface area contributed by atoms with Crippen LogP contribution in [0.1, 0.15) is 43.6 Å². The van der Waals surface area contributed by atoms with Crippen molar-refractivity contribution in [3.05, 3.63) is 59.7 Å². The fourth-order valence-electron chi connectivity index (χ4n) is 2.37. The summed E-state index contributed by atoms with van der Waals surface area (Å²) in [4.78, 5) is 23.4. The van der Waals surface area contributed by atoms with E-state index in [1.54, 1.807) is 24.3 Å². The lowest BCUT2D eigenvalue weighted by molar-refractivity contribution is -0.118. The van der Waals surface area contributed by atoms with Gasteiger partial charge >= 0.3 is 0 Å². The number of benzene rings is 2. The van der Waals surface area contributed by atoms with E-state index in [0.29, 0.717) is 11.3 Å². The number of ether oxygens (including phenoxy) is 1. The number of anilines is 1. The number of hydrogen-bond acceptors (Lipinski definition) is 3. The van der Waals surface area contributed by atoms with Crippen LogP contribution in [0.4, 0.5) is 5.69 Å². The molecule has 0 aliphatic carbocycles. The van der Waals surface area contributed by atoms with Crippen LogP contribution in [0.5, 0.6) is 5.75 Å². The van der Waals surface area contributed by atoms with Crippen LogP contribution in [0.15, 0.2) is 48.5 Å². The first kappa shape index (κ1) is 17.7. The Hall–Kier alpha value is -2.62. The molecule has 0 heterocycles. The number of hydrogen-bond donors (Lipinski definition) is 1. The van der Waals surface area contributed by atoms with Crippen molar-refractivity contribution in [1.29, 1.82) is 0 Å². The monoisotopic (exact) mass is 325 g/mol. The van der Waals surface area contributed by atoms with Crippen molar-refractivity contribution in [3.8, 4) is 5.75 Å². The molecule has 2 aromatic rings. The van der Waals surface area contributed by atoms with Gasteiger partial charge in [-0.3, -0.25) is 9.59 Å². The van der Waals surface area contributed by atoms with Crippen LogP contribution in [0.3, 0.4) is 0 Å². The maximum absolute atomic E-state index is 12.1. The zero-order chi connectivity index (χ0) is 17.7. The van der Waals surface area contributed by atoms with E-state index in [4.69, 9.17) is 4.74 Å². The van der Waals surface area contributed by atoms with Crippen molar-refractivity contribution in [2.45, 2.75) is 33.1 Å². The molecule has 4 heteroatoms. The molecule has 0 spiro atoms. The third-order valence-corrected chi connectivity index (χ3v) is 3.64. The third kappa shape index (κ3) is 4.69. The van der Waals surface area contributed by atoms with E-state index in [1.165, 1.54) is 6.92 Å². The van der Waals surface area contributed by atoms with Gasteiger partial charge < -0.3 is 10.1 Å². The number of ketones is 1. The first-order chi connectivity index (χ1) is 11.3. The van der Waals surface area contributed by atoms with Gasteiger partial charge in [-0.25, -0.2) is 0 Å². The number of para-hydroxylation sites is 1. The number of nitrogens with one attached hydrogen (secondary N) is 1. The highest BCUT2D eigenvalue weighted by Gasteiger charge is 2.18. The van der Waals surface area contributed by atoms with Crippen molar-refractivity contribution >= 4 is 17.4 Å². The number of rotatable bonds is 5. The fraction of sp³-hybridized carbons (Fsp3) is 0.300. The topological polar surface area (TPSA) is 55.4 Å². The first-order valence-corrected chi connectivity index (χ1v) is 7.90. The second-order valence-corrected chi connectivity index (χ2v) is 6.71. The summed E-state index contributed by atoms with van der Waals surface area (Å²) >= 11 is 0. The van der Waals surface area contributed by atoms with Gasteiger partial charge in [0.25, 0.3) is 5.91 Å². The van der Waals surface area contributed by atoms with Crippen LogP contribution < -0.4 is 10.1 Å². The van der Waals surface area contributed by atoms with Crippen molar-refractivity contribution in [2.24, 2.45) is 0 Å². The minimum absolute atomic E-state index is 0.00178. The van der Waals surface area contributed by atoms with Gasteiger partial charge in [0.15, 0.2) is 12.4 Å². The third-order valence-electron chi connectivity index (χ3n) is 3.64. The molecule has 2 rings (SSSR count). The van der Waals surface area contributed by atoms with Gasteiger partial charge in [-0.1, -0.05) is 39.0 Å². The minimum Gasteiger partial charge on any atom is -0.484 e. The molecule has 24 heavy (non-hydrogen) atoms. The van der Waals surface area contributed by atoms with E-state index in [9.17, 15) is 9.59 Å². The van der Waals surface area contributed by atoms with Crippen molar-refractivity contribution in [2.75, 3.05) is 11.9 Å². The largest absolute Gasteiger partial charge is 0.484 e. The molecular weight excluding hydrogens is 302 g/mol. The Morgan fingerprint density at radius 1 is 1.00 bits per heavy atom. The molecular formula is C20H23NO3. The first-order valence-electron chi connectivity index (χ1n) is 7.90. The second-order valence-electron chi connectivity index (χ2n) is 6.71. The molecule has 0 aliphatic heterocycles. The summed E-state index contributed by atoms with van der Waals surface area (Å²) in [5.41, 5.74) is 2.42. The van der Waals surface area contributed by atoms with E-state index in [2.05, 4.69) is 26.1 Å². The predicted octanol–water partition coefficient (Wildman–Crippen LogP) is 4.20. The molecule has 0 aliphatic rings. The Balaban J connectivity index is 1.98. The molecule has 2 aromatic carbocycles. The average molecular weight is 325 g/mol. The van der Waals surface area contributed by atoms with E-state index < -0.39 is 0 Å². The summed E-state index contributed by atoms with van der Waals surface area (Å²) in [6, 6.07) is 14.5. The Bertz CT molecular complexity index is 727. The van der Waals surface area contributed by atoms with Gasteiger partial charge in [0.1, 0.15) is 5.75 Å². The smallest absolute Gasteiger partial charge is 0.262 e. The minimum atomic E-state index is -0.220. The van der Waals surface area contributed by atoms with Gasteiger partial charge in [0, 0.05) is 11.3 Å². The van der Waals surface area contributed by atoms with Crippen molar-refractivity contribution < 1.29 is 14.3 Å². The molecule has 126 valence electrons. The highest BCUT2D eigenvalue weighted by molar-refractivity contribution is 5.94. The summed E-state index contributed by atoms with van der Waals surface area (Å²) in [5, 5.41) is 2.90. The van der Waals surface area contributed by atoms with Gasteiger partial charge in [-0.05, 0) is 48.2 Å². The summed E-state index contributed by atoms with van der Waals surface area (Å²) in [6.45, 7) is 7.73. The number of carbonyl (C=O) groups excluding carboxylic acids is 2. The lowest BCUT2D eigenvalue weighted by atomic mass is 9.86. The Morgan fingerprint density at radius 2 is 1.62 bits per heavy atom. The van der Waals surface area contributed by atoms with Crippen molar-refractivity contribution in [1.82, 2.24) is 0 Å². The van der Waals surface area contributed by atoms with E-state index >= 15 is 0 Å². The molecule has 4 nitrogen and oxygen atoms in total. The molecule has 0 aromatic heterocycles. The normalized spacial score (nSPS) is 11.0. The number of carbonyl (C=O) groups is 2. The molecule has 0 radical (unpaired) electrons. The summed E-state index contributed by atoms with van der Waals surface area (Å²) in [7, 11) is 0. The molecule has 0 saturated carbocycles. The van der Waals surface area contributed by atoms with Crippen LogP contribution in [0, 0.1) is 0 Å². The highest BCUT2D eigenvalue weighted by Crippen LogP contribution is 2.29. The number of amides is 1. The maximum Gasteiger partial charge on any atom is 0.262 e. The van der Waals surface area contributed by atoms with Gasteiger partial charge in [-0.15, -0.1) is 0 Å². The lowest BCUT2D eigenvalue weighted by Crippen LogP contribution is -2.23. The summed E-state index contributed by atoms with van der Waals surface area (Å²) in [6.07, 6.45) is 0. The quantitative estimate of drug-likeness (QED) is 0.838. The molecule has 0 saturated heterocycles. The zero-order valence-electron chi connectivity index (χ0n) is 14.6. The number of Topliss-reactive ketones (excluding diaryl/α,β-unsaturated/α-hetero) is 1. The fourth-order valence-corrected chi connectivity index (χ4v) is 2.37. The van der Waals surface area contributed by atoms with Crippen LogP contribution >= 0.6 is 0 Å². The molecule has 1 amide bonds. The average Bonchev–Trinajstić information content (AvgIpc) is 2.53. The van der Waals surface area contributed by atoms with Crippen LogP contribution in [-0.2, 0) is 10.2 Å². The highest BCUT2D eigenvalue weighted by atomic mass is 16.5. The molecule has 1 N–H and O–H groups in total. The lowest BCUT2D eigenvalue weighted by Gasteiger charge is -2.23. The van der Waals surface area contributed by atoms with Crippen LogP contribution in [-0.4, -0.2) is 18.3 Å². The van der Waals surface area contributed by atoms with E-state index in [-0.39, 0.29) is 23.7 Å². The van der Waals surface area contributed by atoms with Crippen LogP contribution in [0.25, 0.3) is 0 Å². The second kappa shape index (κ2) is 7.30. The van der Waals surface area contributed by atoms with E-state index in [0.717, 1.165) is 11.3 Å². The predicted molar refractivity (Wildman–Crippen MR) is 95.7 cm³/mol. The maximum atomic E-state index is 12.1. The Kier molecular flexibility index (Phi) is 5.39. The standard InChI is InChI=1S/C20H23NO3/c1-14(22)15-9-11-16(12-10-15)24-13-19(23)21-18-8-6-5-7-17(18)20(2,3)4/h5-12H,13H2,1-4H3,(H,21,23). The Morgan fingerprint density at radius 3 is 2.21 bits per heavy atom. The van der Waals surface area contributed by atoms with Gasteiger partial charge in [0.2, 0.25) is 0 Å². The molecule has 0 bridgehead atoms.